The number of rotatable bonds is 1. The van der Waals surface area contributed by atoms with Gasteiger partial charge in [-0.3, -0.25) is 0 Å². The fourth-order valence-electron chi connectivity index (χ4n) is 0.834. The summed E-state index contributed by atoms with van der Waals surface area (Å²) in [5.74, 6) is 0. The van der Waals surface area contributed by atoms with Crippen molar-refractivity contribution in [2.45, 2.75) is 12.3 Å². The summed E-state index contributed by atoms with van der Waals surface area (Å²) in [5.41, 5.74) is -0.132. The molecule has 0 amide bonds. The van der Waals surface area contributed by atoms with Crippen molar-refractivity contribution in [3.8, 4) is 0 Å². The second-order valence-electron chi connectivity index (χ2n) is 2.50. The Bertz CT molecular complexity index is 284. The van der Waals surface area contributed by atoms with Gasteiger partial charge in [0.1, 0.15) is 0 Å². The third-order valence-electron chi connectivity index (χ3n) is 1.50. The minimum atomic E-state index is -4.59. The number of aliphatic hydroxyl groups is 1. The molecular formula is C8H7F3I2O. The Hall–Kier alpha value is 0.430. The Morgan fingerprint density at radius 2 is 1.57 bits per heavy atom. The summed E-state index contributed by atoms with van der Waals surface area (Å²) in [5, 5.41) is 8.82. The molecule has 1 rings (SSSR count). The quantitative estimate of drug-likeness (QED) is 0.677. The molecule has 0 aliphatic carbocycles. The summed E-state index contributed by atoms with van der Waals surface area (Å²) >= 11 is 1.98. The fraction of sp³-hybridized carbons (Fsp3) is 0.250. The Kier molecular flexibility index (Phi) is 5.67. The van der Waals surface area contributed by atoms with E-state index < -0.39 is 12.3 Å². The van der Waals surface area contributed by atoms with E-state index in [1.165, 1.54) is 24.3 Å². The van der Waals surface area contributed by atoms with E-state index in [0.29, 0.717) is 0 Å². The van der Waals surface area contributed by atoms with Crippen LogP contribution in [0.3, 0.4) is 0 Å². The van der Waals surface area contributed by atoms with Crippen LogP contribution < -0.4 is 0 Å². The Balaban J connectivity index is 0.00000169. The Labute approximate surface area is 110 Å². The lowest BCUT2D eigenvalue weighted by Gasteiger charge is -2.14. The highest BCUT2D eigenvalue weighted by atomic mass is 127. The van der Waals surface area contributed by atoms with Crippen LogP contribution in [-0.2, 0) is 0 Å². The lowest BCUT2D eigenvalue weighted by Crippen LogP contribution is -2.19. The zero-order valence-electron chi connectivity index (χ0n) is 6.75. The molecule has 0 radical (unpaired) electrons. The summed E-state index contributed by atoms with van der Waals surface area (Å²) in [4.78, 5) is 0. The summed E-state index contributed by atoms with van der Waals surface area (Å²) in [7, 11) is 0. The van der Waals surface area contributed by atoms with Crippen molar-refractivity contribution in [3.63, 3.8) is 0 Å². The molecule has 0 saturated carbocycles. The Morgan fingerprint density at radius 1 is 1.14 bits per heavy atom. The summed E-state index contributed by atoms with van der Waals surface area (Å²) < 4.78 is 36.8. The molecule has 1 atom stereocenters. The number of hydrogen-bond acceptors (Lipinski definition) is 1. The van der Waals surface area contributed by atoms with E-state index in [1.807, 2.05) is 22.6 Å². The van der Waals surface area contributed by atoms with Crippen molar-refractivity contribution in [2.75, 3.05) is 0 Å². The predicted molar refractivity (Wildman–Crippen MR) is 65.6 cm³/mol. The largest absolute Gasteiger partial charge is 0.418 e. The number of alkyl halides is 3. The number of aliphatic hydroxyl groups excluding tert-OH is 1. The van der Waals surface area contributed by atoms with Crippen molar-refractivity contribution in [3.05, 3.63) is 33.4 Å². The van der Waals surface area contributed by atoms with E-state index in [2.05, 4.69) is 0 Å². The van der Waals surface area contributed by atoms with Gasteiger partial charge in [0.15, 0.2) is 6.10 Å². The molecule has 0 aliphatic rings. The fourth-order valence-corrected chi connectivity index (χ4v) is 1.19. The van der Waals surface area contributed by atoms with E-state index in [4.69, 9.17) is 5.11 Å². The van der Waals surface area contributed by atoms with Crippen LogP contribution in [0.1, 0.15) is 11.7 Å². The van der Waals surface area contributed by atoms with Gasteiger partial charge in [0.05, 0.1) is 0 Å². The first kappa shape index (κ1) is 14.4. The maximum atomic E-state index is 12.0. The predicted octanol–water partition coefficient (Wildman–Crippen LogP) is 3.50. The zero-order chi connectivity index (χ0) is 10.1. The van der Waals surface area contributed by atoms with Gasteiger partial charge in [-0.1, -0.05) is 12.1 Å². The van der Waals surface area contributed by atoms with Gasteiger partial charge in [-0.2, -0.15) is 13.2 Å². The second kappa shape index (κ2) is 5.50. The number of halogens is 5. The van der Waals surface area contributed by atoms with Gasteiger partial charge >= 0.3 is 6.18 Å². The molecule has 1 aromatic rings. The van der Waals surface area contributed by atoms with E-state index in [0.717, 1.165) is 3.57 Å². The maximum absolute atomic E-state index is 12.0. The second-order valence-corrected chi connectivity index (χ2v) is 3.74. The van der Waals surface area contributed by atoms with Gasteiger partial charge in [0, 0.05) is 3.57 Å². The average Bonchev–Trinajstić information content (AvgIpc) is 2.03. The summed E-state index contributed by atoms with van der Waals surface area (Å²) in [6.07, 6.45) is -6.98. The molecule has 1 unspecified atom stereocenters. The van der Waals surface area contributed by atoms with Crippen LogP contribution in [0.5, 0.6) is 0 Å². The molecule has 80 valence electrons. The minimum Gasteiger partial charge on any atom is -0.379 e. The van der Waals surface area contributed by atoms with Crippen LogP contribution in [0, 0.1) is 3.57 Å². The topological polar surface area (TPSA) is 20.2 Å². The molecule has 0 heterocycles. The van der Waals surface area contributed by atoms with Crippen molar-refractivity contribution in [2.24, 2.45) is 0 Å². The highest BCUT2D eigenvalue weighted by Crippen LogP contribution is 2.32. The first-order chi connectivity index (χ1) is 5.91. The highest BCUT2D eigenvalue weighted by molar-refractivity contribution is 14.1. The van der Waals surface area contributed by atoms with Crippen LogP contribution in [0.4, 0.5) is 13.2 Å². The van der Waals surface area contributed by atoms with Crippen molar-refractivity contribution in [1.82, 2.24) is 0 Å². The summed E-state index contributed by atoms with van der Waals surface area (Å²) in [6, 6.07) is 5.57. The van der Waals surface area contributed by atoms with Crippen molar-refractivity contribution >= 4 is 46.6 Å². The molecular weight excluding hydrogens is 423 g/mol. The third kappa shape index (κ3) is 3.89. The molecule has 1 nitrogen and oxygen atoms in total. The van der Waals surface area contributed by atoms with Crippen molar-refractivity contribution < 1.29 is 18.3 Å². The van der Waals surface area contributed by atoms with Gasteiger partial charge in [-0.15, -0.1) is 24.0 Å². The van der Waals surface area contributed by atoms with E-state index in [1.54, 1.807) is 0 Å². The van der Waals surface area contributed by atoms with Crippen LogP contribution in [-0.4, -0.2) is 11.3 Å². The molecule has 0 aliphatic heterocycles. The molecule has 0 aromatic heterocycles. The molecule has 1 N–H and O–H groups in total. The van der Waals surface area contributed by atoms with Gasteiger partial charge in [-0.05, 0) is 40.3 Å². The molecule has 1 aromatic carbocycles. The normalized spacial score (nSPS) is 13.2. The molecule has 0 bridgehead atoms. The lowest BCUT2D eigenvalue weighted by molar-refractivity contribution is -0.206. The number of hydrogen-bond donors (Lipinski definition) is 1. The van der Waals surface area contributed by atoms with Crippen LogP contribution >= 0.6 is 46.6 Å². The van der Waals surface area contributed by atoms with Crippen LogP contribution in [0.25, 0.3) is 0 Å². The minimum absolute atomic E-state index is 0. The standard InChI is InChI=1S/C8H6F3IO.HI/c9-8(10,11)7(13)5-1-3-6(12)4-2-5;/h1-4,7,13H;1H. The zero-order valence-corrected chi connectivity index (χ0v) is 11.2. The smallest absolute Gasteiger partial charge is 0.379 e. The molecule has 14 heavy (non-hydrogen) atoms. The first-order valence-electron chi connectivity index (χ1n) is 3.41. The van der Waals surface area contributed by atoms with Crippen molar-refractivity contribution in [1.29, 1.82) is 0 Å². The van der Waals surface area contributed by atoms with Gasteiger partial charge in [0.2, 0.25) is 0 Å². The molecule has 0 fully saturated rings. The third-order valence-corrected chi connectivity index (χ3v) is 2.21. The van der Waals surface area contributed by atoms with Gasteiger partial charge < -0.3 is 5.11 Å². The highest BCUT2D eigenvalue weighted by Gasteiger charge is 2.39. The monoisotopic (exact) mass is 430 g/mol. The van der Waals surface area contributed by atoms with E-state index in [9.17, 15) is 13.2 Å². The van der Waals surface area contributed by atoms with E-state index >= 15 is 0 Å². The SMILES string of the molecule is I.OC(c1ccc(I)cc1)C(F)(F)F. The first-order valence-corrected chi connectivity index (χ1v) is 4.49. The lowest BCUT2D eigenvalue weighted by atomic mass is 10.1. The summed E-state index contributed by atoms with van der Waals surface area (Å²) in [6.45, 7) is 0. The van der Waals surface area contributed by atoms with Crippen LogP contribution in [0.2, 0.25) is 0 Å². The van der Waals surface area contributed by atoms with E-state index in [-0.39, 0.29) is 29.5 Å². The number of benzene rings is 1. The van der Waals surface area contributed by atoms with Crippen LogP contribution in [0.15, 0.2) is 24.3 Å². The van der Waals surface area contributed by atoms with Gasteiger partial charge in [-0.25, -0.2) is 0 Å². The molecule has 0 spiro atoms. The molecule has 6 heteroatoms. The Morgan fingerprint density at radius 3 is 1.93 bits per heavy atom. The average molecular weight is 430 g/mol. The maximum Gasteiger partial charge on any atom is 0.418 e. The van der Waals surface area contributed by atoms with Gasteiger partial charge in [0.25, 0.3) is 0 Å². The molecule has 0 saturated heterocycles.